The topological polar surface area (TPSA) is 13.1 Å². The van der Waals surface area contributed by atoms with Gasteiger partial charge in [-0.05, 0) is 58.1 Å². The van der Waals surface area contributed by atoms with Crippen LogP contribution in [0.5, 0.6) is 0 Å². The summed E-state index contributed by atoms with van der Waals surface area (Å²) in [6.07, 6.45) is 0. The summed E-state index contributed by atoms with van der Waals surface area (Å²) in [6, 6.07) is 39.8. The van der Waals surface area contributed by atoms with Crippen LogP contribution in [0.15, 0.2) is 120 Å². The molecule has 0 bridgehead atoms. The molecule has 0 aliphatic heterocycles. The van der Waals surface area contributed by atoms with Crippen molar-refractivity contribution in [2.24, 2.45) is 0 Å². The molecule has 0 atom stereocenters. The number of fused-ring (bicyclic) bond motifs is 3. The molecular weight excluding hydrogens is 412 g/mol. The number of furan rings is 1. The SMILES string of the molecule is Clc1c(-c2cccc(-c3cccc(-c4ccccc4)c3)c2)ccc2oc3ccccc3c12. The number of hydrogen-bond donors (Lipinski definition) is 0. The molecule has 0 spiro atoms. The molecule has 1 nitrogen and oxygen atoms in total. The van der Waals surface area contributed by atoms with E-state index in [0.29, 0.717) is 0 Å². The molecule has 0 amide bonds. The van der Waals surface area contributed by atoms with Gasteiger partial charge in [0.05, 0.1) is 5.02 Å². The van der Waals surface area contributed by atoms with Gasteiger partial charge in [-0.3, -0.25) is 0 Å². The van der Waals surface area contributed by atoms with E-state index in [9.17, 15) is 0 Å². The normalized spacial score (nSPS) is 11.3. The van der Waals surface area contributed by atoms with Gasteiger partial charge >= 0.3 is 0 Å². The molecule has 0 unspecified atom stereocenters. The third-order valence-corrected chi connectivity index (χ3v) is 6.35. The quantitative estimate of drug-likeness (QED) is 0.272. The second kappa shape index (κ2) is 7.71. The van der Waals surface area contributed by atoms with Crippen molar-refractivity contribution in [1.82, 2.24) is 0 Å². The third-order valence-electron chi connectivity index (χ3n) is 5.96. The Labute approximate surface area is 191 Å². The first-order valence-electron chi connectivity index (χ1n) is 10.6. The second-order valence-corrected chi connectivity index (χ2v) is 8.30. The van der Waals surface area contributed by atoms with E-state index in [1.807, 2.05) is 36.4 Å². The molecule has 0 saturated heterocycles. The van der Waals surface area contributed by atoms with E-state index < -0.39 is 0 Å². The largest absolute Gasteiger partial charge is 0.456 e. The molecule has 1 heterocycles. The first-order valence-corrected chi connectivity index (χ1v) is 11.0. The Bertz CT molecular complexity index is 1580. The average Bonchev–Trinajstić information content (AvgIpc) is 3.24. The van der Waals surface area contributed by atoms with Gasteiger partial charge in [-0.15, -0.1) is 0 Å². The highest BCUT2D eigenvalue weighted by Gasteiger charge is 2.14. The van der Waals surface area contributed by atoms with Crippen molar-refractivity contribution < 1.29 is 4.42 Å². The van der Waals surface area contributed by atoms with Crippen LogP contribution in [0.4, 0.5) is 0 Å². The minimum Gasteiger partial charge on any atom is -0.456 e. The van der Waals surface area contributed by atoms with Gasteiger partial charge in [-0.2, -0.15) is 0 Å². The van der Waals surface area contributed by atoms with E-state index >= 15 is 0 Å². The Hall–Kier alpha value is -3.81. The van der Waals surface area contributed by atoms with E-state index in [1.54, 1.807) is 0 Å². The molecule has 0 saturated carbocycles. The van der Waals surface area contributed by atoms with Crippen LogP contribution in [0.1, 0.15) is 0 Å². The van der Waals surface area contributed by atoms with E-state index in [2.05, 4.69) is 78.9 Å². The minimum atomic E-state index is 0.725. The fourth-order valence-electron chi connectivity index (χ4n) is 4.37. The summed E-state index contributed by atoms with van der Waals surface area (Å²) in [5, 5.41) is 2.74. The van der Waals surface area contributed by atoms with Gasteiger partial charge in [-0.1, -0.05) is 96.5 Å². The van der Waals surface area contributed by atoms with Gasteiger partial charge in [0, 0.05) is 16.3 Å². The third kappa shape index (κ3) is 3.19. The van der Waals surface area contributed by atoms with Crippen molar-refractivity contribution in [2.75, 3.05) is 0 Å². The number of para-hydroxylation sites is 1. The first kappa shape index (κ1) is 18.9. The summed E-state index contributed by atoms with van der Waals surface area (Å²) >= 11 is 6.94. The molecular formula is C30H19ClO. The lowest BCUT2D eigenvalue weighted by atomic mass is 9.95. The average molecular weight is 431 g/mol. The predicted octanol–water partition coefficient (Wildman–Crippen LogP) is 9.24. The molecule has 0 aliphatic rings. The highest BCUT2D eigenvalue weighted by molar-refractivity contribution is 6.40. The van der Waals surface area contributed by atoms with Gasteiger partial charge in [-0.25, -0.2) is 0 Å². The molecule has 0 aliphatic carbocycles. The lowest BCUT2D eigenvalue weighted by Crippen LogP contribution is -1.85. The minimum absolute atomic E-state index is 0.725. The second-order valence-electron chi connectivity index (χ2n) is 7.93. The summed E-state index contributed by atoms with van der Waals surface area (Å²) in [5.74, 6) is 0. The Kier molecular flexibility index (Phi) is 4.56. The van der Waals surface area contributed by atoms with Crippen LogP contribution in [-0.4, -0.2) is 0 Å². The van der Waals surface area contributed by atoms with Gasteiger partial charge in [0.2, 0.25) is 0 Å². The smallest absolute Gasteiger partial charge is 0.136 e. The molecule has 32 heavy (non-hydrogen) atoms. The summed E-state index contributed by atoms with van der Waals surface area (Å²) in [6.45, 7) is 0. The van der Waals surface area contributed by atoms with Gasteiger partial charge in [0.15, 0.2) is 0 Å². The summed E-state index contributed by atoms with van der Waals surface area (Å²) in [4.78, 5) is 0. The lowest BCUT2D eigenvalue weighted by Gasteiger charge is -2.10. The summed E-state index contributed by atoms with van der Waals surface area (Å²) < 4.78 is 5.99. The molecule has 152 valence electrons. The maximum Gasteiger partial charge on any atom is 0.136 e. The highest BCUT2D eigenvalue weighted by Crippen LogP contribution is 2.40. The van der Waals surface area contributed by atoms with Crippen molar-refractivity contribution in [2.45, 2.75) is 0 Å². The zero-order valence-corrected chi connectivity index (χ0v) is 18.0. The Morgan fingerprint density at radius 3 is 1.84 bits per heavy atom. The Balaban J connectivity index is 1.47. The molecule has 5 aromatic carbocycles. The maximum atomic E-state index is 6.94. The predicted molar refractivity (Wildman–Crippen MR) is 135 cm³/mol. The molecule has 1 aromatic heterocycles. The van der Waals surface area contributed by atoms with Crippen LogP contribution in [0, 0.1) is 0 Å². The van der Waals surface area contributed by atoms with Crippen molar-refractivity contribution >= 4 is 33.5 Å². The summed E-state index contributed by atoms with van der Waals surface area (Å²) in [7, 11) is 0. The van der Waals surface area contributed by atoms with Crippen LogP contribution in [0.2, 0.25) is 5.02 Å². The Morgan fingerprint density at radius 1 is 0.469 bits per heavy atom. The number of benzene rings is 5. The Morgan fingerprint density at radius 2 is 1.06 bits per heavy atom. The standard InChI is InChI=1S/C30H19ClO/c31-30-25(16-17-28-29(30)26-14-4-5-15-27(26)32-28)24-13-7-12-23(19-24)22-11-6-10-21(18-22)20-8-2-1-3-9-20/h1-19H. The molecule has 6 rings (SSSR count). The van der Waals surface area contributed by atoms with Crippen LogP contribution in [0.3, 0.4) is 0 Å². The highest BCUT2D eigenvalue weighted by atomic mass is 35.5. The summed E-state index contributed by atoms with van der Waals surface area (Å²) in [5.41, 5.74) is 8.52. The number of halogens is 1. The maximum absolute atomic E-state index is 6.94. The van der Waals surface area contributed by atoms with Gasteiger partial charge in [0.1, 0.15) is 11.2 Å². The zero-order chi connectivity index (χ0) is 21.5. The molecule has 0 fully saturated rings. The van der Waals surface area contributed by atoms with E-state index in [-0.39, 0.29) is 0 Å². The van der Waals surface area contributed by atoms with Gasteiger partial charge in [0.25, 0.3) is 0 Å². The molecule has 6 aromatic rings. The zero-order valence-electron chi connectivity index (χ0n) is 17.3. The monoisotopic (exact) mass is 430 g/mol. The number of hydrogen-bond acceptors (Lipinski definition) is 1. The van der Waals surface area contributed by atoms with Crippen molar-refractivity contribution in [1.29, 1.82) is 0 Å². The van der Waals surface area contributed by atoms with Crippen molar-refractivity contribution in [3.05, 3.63) is 120 Å². The van der Waals surface area contributed by atoms with Crippen molar-refractivity contribution in [3.63, 3.8) is 0 Å². The molecule has 2 heteroatoms. The fraction of sp³-hybridized carbons (Fsp3) is 0. The van der Waals surface area contributed by atoms with Gasteiger partial charge < -0.3 is 4.42 Å². The van der Waals surface area contributed by atoms with Crippen LogP contribution in [-0.2, 0) is 0 Å². The van der Waals surface area contributed by atoms with E-state index in [4.69, 9.17) is 16.0 Å². The van der Waals surface area contributed by atoms with E-state index in [1.165, 1.54) is 16.7 Å². The van der Waals surface area contributed by atoms with Crippen LogP contribution >= 0.6 is 11.6 Å². The number of rotatable bonds is 3. The molecule has 0 N–H and O–H groups in total. The van der Waals surface area contributed by atoms with Crippen molar-refractivity contribution in [3.8, 4) is 33.4 Å². The first-order chi connectivity index (χ1) is 15.8. The lowest BCUT2D eigenvalue weighted by molar-refractivity contribution is 0.669. The molecule has 0 radical (unpaired) electrons. The van der Waals surface area contributed by atoms with Crippen LogP contribution in [0.25, 0.3) is 55.3 Å². The van der Waals surface area contributed by atoms with E-state index in [0.717, 1.165) is 43.7 Å². The van der Waals surface area contributed by atoms with Crippen LogP contribution < -0.4 is 0 Å². The fourth-order valence-corrected chi connectivity index (χ4v) is 4.74.